The van der Waals surface area contributed by atoms with Gasteiger partial charge < -0.3 is 9.32 Å². The van der Waals surface area contributed by atoms with Crippen molar-refractivity contribution in [2.75, 3.05) is 11.4 Å². The van der Waals surface area contributed by atoms with E-state index in [0.29, 0.717) is 11.9 Å². The molecule has 2 aromatic rings. The Bertz CT molecular complexity index is 484. The van der Waals surface area contributed by atoms with Gasteiger partial charge in [0.15, 0.2) is 0 Å². The van der Waals surface area contributed by atoms with Crippen molar-refractivity contribution in [3.8, 4) is 0 Å². The van der Waals surface area contributed by atoms with Crippen molar-refractivity contribution in [1.29, 1.82) is 0 Å². The lowest BCUT2D eigenvalue weighted by molar-refractivity contribution is 0.484. The van der Waals surface area contributed by atoms with Gasteiger partial charge in [-0.25, -0.2) is 0 Å². The van der Waals surface area contributed by atoms with E-state index in [-0.39, 0.29) is 5.38 Å². The maximum Gasteiger partial charge on any atom is 0.318 e. The van der Waals surface area contributed by atoms with Gasteiger partial charge in [-0.1, -0.05) is 35.4 Å². The topological polar surface area (TPSA) is 42.2 Å². The van der Waals surface area contributed by atoms with Crippen LogP contribution in [0.4, 0.5) is 6.01 Å². The maximum absolute atomic E-state index is 5.91. The van der Waals surface area contributed by atoms with Gasteiger partial charge in [-0.3, -0.25) is 0 Å². The Morgan fingerprint density at radius 2 is 2.00 bits per heavy atom. The zero-order valence-corrected chi connectivity index (χ0v) is 11.3. The number of hydrogen-bond acceptors (Lipinski definition) is 4. The summed E-state index contributed by atoms with van der Waals surface area (Å²) in [4.78, 5) is 2.02. The predicted octanol–water partition coefficient (Wildman–Crippen LogP) is 3.40. The Hall–Kier alpha value is -1.55. The van der Waals surface area contributed by atoms with Crippen molar-refractivity contribution >= 4 is 17.6 Å². The molecule has 1 unspecified atom stereocenters. The summed E-state index contributed by atoms with van der Waals surface area (Å²) in [5, 5.41) is 7.70. The summed E-state index contributed by atoms with van der Waals surface area (Å²) in [6.07, 6.45) is 0. The van der Waals surface area contributed by atoms with E-state index in [1.165, 1.54) is 5.56 Å². The molecule has 1 aromatic carbocycles. The van der Waals surface area contributed by atoms with Crippen molar-refractivity contribution in [2.45, 2.75) is 25.8 Å². The summed E-state index contributed by atoms with van der Waals surface area (Å²) in [7, 11) is 0. The van der Waals surface area contributed by atoms with E-state index >= 15 is 0 Å². The summed E-state index contributed by atoms with van der Waals surface area (Å²) < 4.78 is 5.54. The average Bonchev–Trinajstić information content (AvgIpc) is 2.87. The molecule has 0 aliphatic rings. The molecule has 5 heteroatoms. The molecule has 0 fully saturated rings. The van der Waals surface area contributed by atoms with E-state index in [2.05, 4.69) is 29.3 Å². The van der Waals surface area contributed by atoms with Crippen molar-refractivity contribution in [2.24, 2.45) is 0 Å². The first-order valence-corrected chi connectivity index (χ1v) is 6.40. The molecule has 1 atom stereocenters. The molecule has 1 heterocycles. The summed E-state index contributed by atoms with van der Waals surface area (Å²) >= 11 is 5.91. The second kappa shape index (κ2) is 5.87. The first-order valence-electron chi connectivity index (χ1n) is 5.97. The van der Waals surface area contributed by atoms with Crippen molar-refractivity contribution < 1.29 is 4.42 Å². The van der Waals surface area contributed by atoms with E-state index < -0.39 is 0 Å². The second-order valence-corrected chi connectivity index (χ2v) is 4.69. The number of rotatable bonds is 5. The normalized spacial score (nSPS) is 12.4. The van der Waals surface area contributed by atoms with Crippen LogP contribution in [0.3, 0.4) is 0 Å². The minimum atomic E-state index is -0.262. The SMILES string of the molecule is CCN(Cc1ccccc1)c1nnc(C(C)Cl)o1. The molecule has 96 valence electrons. The van der Waals surface area contributed by atoms with Gasteiger partial charge in [0, 0.05) is 13.1 Å². The standard InChI is InChI=1S/C13H16ClN3O/c1-3-17(9-11-7-5-4-6-8-11)13-16-15-12(18-13)10(2)14/h4-8,10H,3,9H2,1-2H3. The van der Waals surface area contributed by atoms with Crippen LogP contribution in [0.25, 0.3) is 0 Å². The molecule has 4 nitrogen and oxygen atoms in total. The molecule has 2 rings (SSSR count). The lowest BCUT2D eigenvalue weighted by Crippen LogP contribution is -2.22. The minimum absolute atomic E-state index is 0.262. The van der Waals surface area contributed by atoms with E-state index in [4.69, 9.17) is 16.0 Å². The third-order valence-corrected chi connectivity index (χ3v) is 2.83. The van der Waals surface area contributed by atoms with Gasteiger partial charge in [0.1, 0.15) is 5.38 Å². The molecule has 1 aromatic heterocycles. The van der Waals surface area contributed by atoms with Crippen LogP contribution in [-0.2, 0) is 6.54 Å². The fourth-order valence-electron chi connectivity index (χ4n) is 1.63. The zero-order chi connectivity index (χ0) is 13.0. The molecule has 0 amide bonds. The summed E-state index contributed by atoms with van der Waals surface area (Å²) in [5.74, 6) is 0.457. The highest BCUT2D eigenvalue weighted by molar-refractivity contribution is 6.20. The molecule has 0 saturated carbocycles. The Morgan fingerprint density at radius 3 is 2.56 bits per heavy atom. The molecule has 0 spiro atoms. The highest BCUT2D eigenvalue weighted by Gasteiger charge is 2.15. The van der Waals surface area contributed by atoms with Crippen LogP contribution in [0.1, 0.15) is 30.7 Å². The monoisotopic (exact) mass is 265 g/mol. The molecule has 0 aliphatic carbocycles. The average molecular weight is 266 g/mol. The highest BCUT2D eigenvalue weighted by atomic mass is 35.5. The molecular weight excluding hydrogens is 250 g/mol. The fraction of sp³-hybridized carbons (Fsp3) is 0.385. The number of anilines is 1. The summed E-state index contributed by atoms with van der Waals surface area (Å²) in [5.41, 5.74) is 1.21. The molecule has 0 N–H and O–H groups in total. The molecular formula is C13H16ClN3O. The number of benzene rings is 1. The molecule has 0 aliphatic heterocycles. The quantitative estimate of drug-likeness (QED) is 0.777. The highest BCUT2D eigenvalue weighted by Crippen LogP contribution is 2.22. The van der Waals surface area contributed by atoms with Crippen molar-refractivity contribution in [1.82, 2.24) is 10.2 Å². The lowest BCUT2D eigenvalue weighted by Gasteiger charge is -2.17. The first-order chi connectivity index (χ1) is 8.70. The van der Waals surface area contributed by atoms with Crippen LogP contribution >= 0.6 is 11.6 Å². The van der Waals surface area contributed by atoms with Gasteiger partial charge in [0.05, 0.1) is 0 Å². The molecule has 0 saturated heterocycles. The predicted molar refractivity (Wildman–Crippen MR) is 71.7 cm³/mol. The van der Waals surface area contributed by atoms with Gasteiger partial charge >= 0.3 is 6.01 Å². The zero-order valence-electron chi connectivity index (χ0n) is 10.5. The third-order valence-electron chi connectivity index (χ3n) is 2.64. The van der Waals surface area contributed by atoms with Crippen LogP contribution in [0.15, 0.2) is 34.7 Å². The van der Waals surface area contributed by atoms with Gasteiger partial charge in [-0.05, 0) is 19.4 Å². The number of hydrogen-bond donors (Lipinski definition) is 0. The Balaban J connectivity index is 2.13. The smallest absolute Gasteiger partial charge is 0.318 e. The molecule has 18 heavy (non-hydrogen) atoms. The van der Waals surface area contributed by atoms with Crippen LogP contribution in [0.5, 0.6) is 0 Å². The number of aromatic nitrogens is 2. The minimum Gasteiger partial charge on any atom is -0.406 e. The van der Waals surface area contributed by atoms with Crippen LogP contribution in [-0.4, -0.2) is 16.7 Å². The van der Waals surface area contributed by atoms with E-state index in [0.717, 1.165) is 13.1 Å². The van der Waals surface area contributed by atoms with Gasteiger partial charge in [-0.15, -0.1) is 16.7 Å². The number of nitrogens with zero attached hydrogens (tertiary/aromatic N) is 3. The lowest BCUT2D eigenvalue weighted by atomic mass is 10.2. The van der Waals surface area contributed by atoms with E-state index in [1.54, 1.807) is 0 Å². The van der Waals surface area contributed by atoms with Gasteiger partial charge in [-0.2, -0.15) is 0 Å². The maximum atomic E-state index is 5.91. The second-order valence-electron chi connectivity index (χ2n) is 4.04. The Labute approximate surface area is 112 Å². The Kier molecular flexibility index (Phi) is 4.20. The number of halogens is 1. The fourth-order valence-corrected chi connectivity index (χ4v) is 1.72. The van der Waals surface area contributed by atoms with Gasteiger partial charge in [0.25, 0.3) is 0 Å². The molecule has 0 radical (unpaired) electrons. The largest absolute Gasteiger partial charge is 0.406 e. The molecule has 0 bridgehead atoms. The van der Waals surface area contributed by atoms with Crippen molar-refractivity contribution in [3.05, 3.63) is 41.8 Å². The first kappa shape index (κ1) is 12.9. The van der Waals surface area contributed by atoms with Gasteiger partial charge in [0.2, 0.25) is 5.89 Å². The van der Waals surface area contributed by atoms with E-state index in [9.17, 15) is 0 Å². The van der Waals surface area contributed by atoms with Crippen LogP contribution in [0.2, 0.25) is 0 Å². The van der Waals surface area contributed by atoms with Crippen LogP contribution < -0.4 is 4.90 Å². The third kappa shape index (κ3) is 3.01. The Morgan fingerprint density at radius 1 is 1.28 bits per heavy atom. The number of alkyl halides is 1. The van der Waals surface area contributed by atoms with Crippen LogP contribution in [0, 0.1) is 0 Å². The summed E-state index contributed by atoms with van der Waals surface area (Å²) in [6.45, 7) is 5.41. The summed E-state index contributed by atoms with van der Waals surface area (Å²) in [6, 6.07) is 10.7. The van der Waals surface area contributed by atoms with Crippen molar-refractivity contribution in [3.63, 3.8) is 0 Å². The van der Waals surface area contributed by atoms with E-state index in [1.807, 2.05) is 30.0 Å².